The van der Waals surface area contributed by atoms with E-state index in [0.717, 1.165) is 45.2 Å². The van der Waals surface area contributed by atoms with Crippen LogP contribution in [0.5, 0.6) is 0 Å². The van der Waals surface area contributed by atoms with Crippen LogP contribution in [0.3, 0.4) is 0 Å². The van der Waals surface area contributed by atoms with Crippen LogP contribution in [0.1, 0.15) is 56.2 Å². The molecule has 7 aromatic carbocycles. The van der Waals surface area contributed by atoms with Crippen LogP contribution in [-0.2, 0) is 0 Å². The highest BCUT2D eigenvalue weighted by Gasteiger charge is 2.26. The number of nitrogens with zero attached hydrogens (tertiary/aromatic N) is 5. The zero-order valence-corrected chi connectivity index (χ0v) is 31.3. The van der Waals surface area contributed by atoms with Crippen LogP contribution in [0.2, 0.25) is 0 Å². The van der Waals surface area contributed by atoms with E-state index in [1.54, 1.807) is 0 Å². The van der Waals surface area contributed by atoms with Gasteiger partial charge >= 0.3 is 0 Å². The van der Waals surface area contributed by atoms with Gasteiger partial charge in [0.15, 0.2) is 5.69 Å². The Balaban J connectivity index is 1.31. The molecule has 9 rings (SSSR count). The summed E-state index contributed by atoms with van der Waals surface area (Å²) in [5.41, 5.74) is 13.5. The fraction of sp³-hybridized carbons (Fsp3) is 0.120. The van der Waals surface area contributed by atoms with E-state index in [-0.39, 0.29) is 0 Å². The van der Waals surface area contributed by atoms with Crippen molar-refractivity contribution in [1.82, 2.24) is 4.40 Å². The molecule has 0 atom stereocenters. The van der Waals surface area contributed by atoms with E-state index in [0.29, 0.717) is 23.1 Å². The Hall–Kier alpha value is -7.08. The van der Waals surface area contributed by atoms with Crippen LogP contribution in [-0.4, -0.2) is 4.40 Å². The van der Waals surface area contributed by atoms with E-state index in [9.17, 15) is 5.26 Å². The maximum Gasteiger partial charge on any atom is 0.187 e. The van der Waals surface area contributed by atoms with Crippen molar-refractivity contribution in [3.8, 4) is 6.07 Å². The summed E-state index contributed by atoms with van der Waals surface area (Å²) in [7, 11) is 0. The minimum absolute atomic E-state index is 0.425. The van der Waals surface area contributed by atoms with Gasteiger partial charge in [0, 0.05) is 44.3 Å². The second-order valence-corrected chi connectivity index (χ2v) is 14.8. The second kappa shape index (κ2) is 13.4. The third-order valence-electron chi connectivity index (χ3n) is 10.9. The van der Waals surface area contributed by atoms with Crippen molar-refractivity contribution in [2.75, 3.05) is 9.80 Å². The lowest BCUT2D eigenvalue weighted by atomic mass is 10.0. The van der Waals surface area contributed by atoms with Gasteiger partial charge in [-0.25, -0.2) is 4.85 Å². The maximum atomic E-state index is 9.61. The molecule has 5 nitrogen and oxygen atoms in total. The molecule has 264 valence electrons. The van der Waals surface area contributed by atoms with Crippen LogP contribution in [0.25, 0.3) is 42.9 Å². The molecule has 5 heteroatoms. The van der Waals surface area contributed by atoms with Gasteiger partial charge in [0.2, 0.25) is 0 Å². The molecule has 0 bridgehead atoms. The van der Waals surface area contributed by atoms with Crippen molar-refractivity contribution in [1.29, 1.82) is 5.26 Å². The zero-order valence-electron chi connectivity index (χ0n) is 31.3. The lowest BCUT2D eigenvalue weighted by Gasteiger charge is -2.27. The SMILES string of the molecule is [C-]#[N+]c1ccc(N(c2ccc(C(C)C)cc2)c2cccc3c2c2cccc4c5c(N(c6ccc(C#N)cc6)c6ccc(C(C)C)cc6)cccc5n3c42)cc1. The number of rotatable bonds is 8. The van der Waals surface area contributed by atoms with E-state index in [1.165, 1.54) is 38.2 Å². The molecule has 0 aliphatic rings. The van der Waals surface area contributed by atoms with Gasteiger partial charge in [0.25, 0.3) is 0 Å². The Morgan fingerprint density at radius 3 is 1.33 bits per heavy atom. The number of nitriles is 1. The summed E-state index contributed by atoms with van der Waals surface area (Å²) in [5.74, 6) is 0.851. The molecule has 9 aromatic rings. The molecule has 0 spiro atoms. The number of hydrogen-bond acceptors (Lipinski definition) is 3. The molecule has 0 saturated heterocycles. The highest BCUT2D eigenvalue weighted by molar-refractivity contribution is 6.28. The van der Waals surface area contributed by atoms with Crippen LogP contribution in [0.4, 0.5) is 39.8 Å². The number of fused-ring (bicyclic) bond motifs is 6. The van der Waals surface area contributed by atoms with Gasteiger partial charge in [-0.1, -0.05) is 94.4 Å². The van der Waals surface area contributed by atoms with Gasteiger partial charge in [-0.05, 0) is 108 Å². The quantitative estimate of drug-likeness (QED) is 0.147. The molecule has 0 aliphatic carbocycles. The summed E-state index contributed by atoms with van der Waals surface area (Å²) in [6.07, 6.45) is 0. The molecule has 0 amide bonds. The third-order valence-corrected chi connectivity index (χ3v) is 10.9. The average molecular weight is 710 g/mol. The number of hydrogen-bond donors (Lipinski definition) is 0. The van der Waals surface area contributed by atoms with Gasteiger partial charge in [-0.2, -0.15) is 5.26 Å². The first-order valence-corrected chi connectivity index (χ1v) is 18.8. The Bertz CT molecular complexity index is 2720. The highest BCUT2D eigenvalue weighted by atomic mass is 15.2. The van der Waals surface area contributed by atoms with Gasteiger partial charge < -0.3 is 14.2 Å². The van der Waals surface area contributed by atoms with Gasteiger partial charge in [-0.3, -0.25) is 0 Å². The molecule has 2 aromatic heterocycles. The topological polar surface area (TPSA) is 39.0 Å². The Labute approximate surface area is 321 Å². The molecule has 55 heavy (non-hydrogen) atoms. The fourth-order valence-corrected chi connectivity index (χ4v) is 8.14. The summed E-state index contributed by atoms with van der Waals surface area (Å²) in [6, 6.07) is 55.6. The zero-order chi connectivity index (χ0) is 37.8. The Morgan fingerprint density at radius 1 is 0.527 bits per heavy atom. The number of aromatic nitrogens is 1. The highest BCUT2D eigenvalue weighted by Crippen LogP contribution is 2.49. The number of para-hydroxylation sites is 1. The predicted molar refractivity (Wildman–Crippen MR) is 230 cm³/mol. The Kier molecular flexibility index (Phi) is 8.22. The van der Waals surface area contributed by atoms with Gasteiger partial charge in [-0.15, -0.1) is 0 Å². The van der Waals surface area contributed by atoms with Crippen LogP contribution in [0.15, 0.2) is 152 Å². The predicted octanol–water partition coefficient (Wildman–Crippen LogP) is 14.4. The molecule has 0 radical (unpaired) electrons. The van der Waals surface area contributed by atoms with Crippen LogP contribution >= 0.6 is 0 Å². The molecular formula is C50H39N5. The first kappa shape index (κ1) is 33.7. The minimum Gasteiger partial charge on any atom is -0.310 e. The van der Waals surface area contributed by atoms with Gasteiger partial charge in [0.05, 0.1) is 46.1 Å². The summed E-state index contributed by atoms with van der Waals surface area (Å²) in [5, 5.41) is 14.3. The minimum atomic E-state index is 0.425. The maximum absolute atomic E-state index is 9.61. The van der Waals surface area contributed by atoms with Gasteiger partial charge in [0.1, 0.15) is 0 Å². The smallest absolute Gasteiger partial charge is 0.187 e. The van der Waals surface area contributed by atoms with E-state index < -0.39 is 0 Å². The monoisotopic (exact) mass is 709 g/mol. The first-order valence-electron chi connectivity index (χ1n) is 18.8. The number of benzene rings is 7. The molecule has 0 aliphatic heterocycles. The lowest BCUT2D eigenvalue weighted by Crippen LogP contribution is -2.11. The van der Waals surface area contributed by atoms with Crippen molar-refractivity contribution in [3.63, 3.8) is 0 Å². The summed E-state index contributed by atoms with van der Waals surface area (Å²) in [6.45, 7) is 16.4. The van der Waals surface area contributed by atoms with Crippen molar-refractivity contribution in [2.45, 2.75) is 39.5 Å². The van der Waals surface area contributed by atoms with Crippen molar-refractivity contribution in [2.24, 2.45) is 0 Å². The number of anilines is 6. The van der Waals surface area contributed by atoms with E-state index in [1.807, 2.05) is 48.5 Å². The van der Waals surface area contributed by atoms with Crippen molar-refractivity contribution in [3.05, 3.63) is 180 Å². The average Bonchev–Trinajstić information content (AvgIpc) is 3.75. The molecular weight excluding hydrogens is 671 g/mol. The fourth-order valence-electron chi connectivity index (χ4n) is 8.14. The molecule has 0 saturated carbocycles. The molecule has 0 fully saturated rings. The van der Waals surface area contributed by atoms with Crippen molar-refractivity contribution >= 4 is 77.9 Å². The standard InChI is InChI=1S/C50H39N5/c1-32(2)35-17-25-39(26-18-35)53(38-23-15-34(31-51)16-24-38)44-11-7-13-46-48(44)42-9-6-10-43-49-45(12-8-14-47(49)55(46)50(42)43)54(41-29-21-37(52-5)22-30-41)40-27-19-36(20-28-40)33(3)4/h6-30,32-33H,1-4H3. The summed E-state index contributed by atoms with van der Waals surface area (Å²) in [4.78, 5) is 8.31. The van der Waals surface area contributed by atoms with Crippen molar-refractivity contribution < 1.29 is 0 Å². The Morgan fingerprint density at radius 2 is 0.927 bits per heavy atom. The van der Waals surface area contributed by atoms with E-state index in [4.69, 9.17) is 6.57 Å². The van der Waals surface area contributed by atoms with Crippen LogP contribution < -0.4 is 9.80 Å². The normalized spacial score (nSPS) is 11.6. The molecule has 0 N–H and O–H groups in total. The summed E-state index contributed by atoms with van der Waals surface area (Å²) >= 11 is 0. The third kappa shape index (κ3) is 5.52. The van der Waals surface area contributed by atoms with Crippen LogP contribution in [0, 0.1) is 17.9 Å². The second-order valence-electron chi connectivity index (χ2n) is 14.8. The van der Waals surface area contributed by atoms with E-state index in [2.05, 4.69) is 156 Å². The molecule has 2 heterocycles. The summed E-state index contributed by atoms with van der Waals surface area (Å²) < 4.78 is 2.43. The van der Waals surface area contributed by atoms with E-state index >= 15 is 0 Å². The lowest BCUT2D eigenvalue weighted by molar-refractivity contribution is 0.866. The largest absolute Gasteiger partial charge is 0.310 e. The molecule has 0 unspecified atom stereocenters. The first-order chi connectivity index (χ1) is 26.9.